The van der Waals surface area contributed by atoms with Crippen molar-refractivity contribution in [3.8, 4) is 6.07 Å². The maximum Gasteiger partial charge on any atom is 0.105 e. The zero-order chi connectivity index (χ0) is 15.8. The highest BCUT2D eigenvalue weighted by atomic mass is 15.2. The summed E-state index contributed by atoms with van der Waals surface area (Å²) >= 11 is 0. The van der Waals surface area contributed by atoms with Crippen molar-refractivity contribution in [1.82, 2.24) is 15.1 Å². The third kappa shape index (κ3) is 6.69. The summed E-state index contributed by atoms with van der Waals surface area (Å²) in [4.78, 5) is 4.71. The molecule has 0 aromatic rings. The van der Waals surface area contributed by atoms with E-state index in [1.54, 1.807) is 0 Å². The number of rotatable bonds is 10. The molecule has 0 heterocycles. The Morgan fingerprint density at radius 2 is 1.80 bits per heavy atom. The molecule has 20 heavy (non-hydrogen) atoms. The second-order valence-corrected chi connectivity index (χ2v) is 6.37. The molecule has 0 aliphatic rings. The van der Waals surface area contributed by atoms with Crippen LogP contribution in [0.4, 0.5) is 0 Å². The Bertz CT molecular complexity index is 297. The van der Waals surface area contributed by atoms with E-state index in [0.29, 0.717) is 12.1 Å². The van der Waals surface area contributed by atoms with Crippen LogP contribution in [-0.2, 0) is 0 Å². The van der Waals surface area contributed by atoms with Gasteiger partial charge in [0, 0.05) is 18.6 Å². The van der Waals surface area contributed by atoms with E-state index in [2.05, 4.69) is 63.0 Å². The van der Waals surface area contributed by atoms with Crippen LogP contribution in [0.3, 0.4) is 0 Å². The van der Waals surface area contributed by atoms with Gasteiger partial charge in [0.2, 0.25) is 0 Å². The number of hydrogen-bond donors (Lipinski definition) is 1. The molecular formula is C16H34N4. The van der Waals surface area contributed by atoms with Crippen LogP contribution in [0, 0.1) is 11.3 Å². The highest BCUT2D eigenvalue weighted by Gasteiger charge is 2.29. The summed E-state index contributed by atoms with van der Waals surface area (Å²) in [5, 5.41) is 12.8. The molecule has 0 radical (unpaired) electrons. The minimum atomic E-state index is -0.430. The van der Waals surface area contributed by atoms with Crippen molar-refractivity contribution in [3.05, 3.63) is 0 Å². The van der Waals surface area contributed by atoms with E-state index in [-0.39, 0.29) is 0 Å². The number of likely N-dealkylation sites (N-methyl/N-ethyl adjacent to an activating group) is 2. The summed E-state index contributed by atoms with van der Waals surface area (Å²) in [6.07, 6.45) is 1.91. The average Bonchev–Trinajstić information content (AvgIpc) is 2.36. The molecule has 4 heteroatoms. The van der Waals surface area contributed by atoms with Crippen LogP contribution in [0.1, 0.15) is 47.5 Å². The first-order valence-electron chi connectivity index (χ1n) is 7.86. The summed E-state index contributed by atoms with van der Waals surface area (Å²) < 4.78 is 0. The van der Waals surface area contributed by atoms with Gasteiger partial charge in [0.15, 0.2) is 0 Å². The average molecular weight is 282 g/mol. The summed E-state index contributed by atoms with van der Waals surface area (Å²) in [6, 6.07) is 3.35. The van der Waals surface area contributed by atoms with E-state index in [9.17, 15) is 5.26 Å². The SMILES string of the molecule is CCCNC(C)(C#N)CC(C)N(CC)C(C)CN(C)C. The first-order chi connectivity index (χ1) is 9.29. The van der Waals surface area contributed by atoms with Crippen LogP contribution in [0.5, 0.6) is 0 Å². The lowest BCUT2D eigenvalue weighted by Gasteiger charge is -2.38. The Labute approximate surface area is 126 Å². The molecule has 0 fully saturated rings. The fourth-order valence-electron chi connectivity index (χ4n) is 2.96. The Morgan fingerprint density at radius 1 is 1.20 bits per heavy atom. The van der Waals surface area contributed by atoms with Gasteiger partial charge in [-0.15, -0.1) is 0 Å². The first-order valence-corrected chi connectivity index (χ1v) is 7.86. The Hall–Kier alpha value is -0.630. The fourth-order valence-corrected chi connectivity index (χ4v) is 2.96. The van der Waals surface area contributed by atoms with Crippen molar-refractivity contribution in [2.75, 3.05) is 33.7 Å². The topological polar surface area (TPSA) is 42.3 Å². The molecule has 118 valence electrons. The van der Waals surface area contributed by atoms with Gasteiger partial charge in [-0.3, -0.25) is 10.2 Å². The molecule has 1 N–H and O–H groups in total. The molecule has 4 nitrogen and oxygen atoms in total. The van der Waals surface area contributed by atoms with E-state index < -0.39 is 5.54 Å². The van der Waals surface area contributed by atoms with Crippen molar-refractivity contribution in [2.24, 2.45) is 0 Å². The number of nitrogens with zero attached hydrogens (tertiary/aromatic N) is 3. The maximum absolute atomic E-state index is 9.46. The van der Waals surface area contributed by atoms with Crippen LogP contribution >= 0.6 is 0 Å². The molecule has 0 saturated heterocycles. The van der Waals surface area contributed by atoms with Crippen LogP contribution in [0.2, 0.25) is 0 Å². The molecule has 0 aliphatic carbocycles. The quantitative estimate of drug-likeness (QED) is 0.668. The molecule has 0 bridgehead atoms. The molecule has 0 aromatic carbocycles. The Balaban J connectivity index is 4.67. The van der Waals surface area contributed by atoms with E-state index in [4.69, 9.17) is 0 Å². The lowest BCUT2D eigenvalue weighted by Crippen LogP contribution is -2.51. The van der Waals surface area contributed by atoms with E-state index in [0.717, 1.165) is 32.5 Å². The highest BCUT2D eigenvalue weighted by Crippen LogP contribution is 2.18. The summed E-state index contributed by atoms with van der Waals surface area (Å²) in [7, 11) is 4.22. The van der Waals surface area contributed by atoms with E-state index in [1.807, 2.05) is 6.92 Å². The third-order valence-electron chi connectivity index (χ3n) is 3.84. The second kappa shape index (κ2) is 9.33. The maximum atomic E-state index is 9.46. The molecular weight excluding hydrogens is 248 g/mol. The van der Waals surface area contributed by atoms with Crippen molar-refractivity contribution < 1.29 is 0 Å². The third-order valence-corrected chi connectivity index (χ3v) is 3.84. The van der Waals surface area contributed by atoms with Gasteiger partial charge in [-0.25, -0.2) is 0 Å². The fraction of sp³-hybridized carbons (Fsp3) is 0.938. The lowest BCUT2D eigenvalue weighted by molar-refractivity contribution is 0.118. The summed E-state index contributed by atoms with van der Waals surface area (Å²) in [5.41, 5.74) is -0.430. The zero-order valence-electron chi connectivity index (χ0n) is 14.5. The van der Waals surface area contributed by atoms with Crippen LogP contribution in [-0.4, -0.2) is 61.2 Å². The largest absolute Gasteiger partial charge is 0.308 e. The first kappa shape index (κ1) is 19.4. The van der Waals surface area contributed by atoms with Gasteiger partial charge in [0.1, 0.15) is 5.54 Å². The van der Waals surface area contributed by atoms with Crippen LogP contribution < -0.4 is 5.32 Å². The smallest absolute Gasteiger partial charge is 0.105 e. The van der Waals surface area contributed by atoms with Gasteiger partial charge in [-0.05, 0) is 60.8 Å². The molecule has 0 aromatic heterocycles. The predicted octanol–water partition coefficient (Wildman–Crippen LogP) is 2.32. The van der Waals surface area contributed by atoms with Crippen molar-refractivity contribution in [2.45, 2.75) is 65.1 Å². The molecule has 3 atom stereocenters. The lowest BCUT2D eigenvalue weighted by atomic mass is 9.93. The molecule has 0 saturated carbocycles. The van der Waals surface area contributed by atoms with Gasteiger partial charge in [-0.1, -0.05) is 13.8 Å². The van der Waals surface area contributed by atoms with Crippen molar-refractivity contribution >= 4 is 0 Å². The van der Waals surface area contributed by atoms with Crippen molar-refractivity contribution in [3.63, 3.8) is 0 Å². The number of hydrogen-bond acceptors (Lipinski definition) is 4. The molecule has 0 spiro atoms. The van der Waals surface area contributed by atoms with Gasteiger partial charge in [0.05, 0.1) is 6.07 Å². The monoisotopic (exact) mass is 282 g/mol. The normalized spacial score (nSPS) is 17.8. The standard InChI is InChI=1S/C16H34N4/c1-8-10-18-16(5,13-17)11-14(3)20(9-2)15(4)12-19(6)7/h14-15,18H,8-12H2,1-7H3. The summed E-state index contributed by atoms with van der Waals surface area (Å²) in [5.74, 6) is 0. The summed E-state index contributed by atoms with van der Waals surface area (Å²) in [6.45, 7) is 13.8. The van der Waals surface area contributed by atoms with Crippen LogP contribution in [0.15, 0.2) is 0 Å². The zero-order valence-corrected chi connectivity index (χ0v) is 14.5. The Kier molecular flexibility index (Phi) is 9.04. The minimum absolute atomic E-state index is 0.393. The number of nitriles is 1. The molecule has 0 amide bonds. The predicted molar refractivity (Wildman–Crippen MR) is 86.8 cm³/mol. The minimum Gasteiger partial charge on any atom is -0.308 e. The molecule has 3 unspecified atom stereocenters. The van der Waals surface area contributed by atoms with Gasteiger partial charge in [0.25, 0.3) is 0 Å². The van der Waals surface area contributed by atoms with Crippen molar-refractivity contribution in [1.29, 1.82) is 5.26 Å². The van der Waals surface area contributed by atoms with Gasteiger partial charge >= 0.3 is 0 Å². The van der Waals surface area contributed by atoms with Crippen LogP contribution in [0.25, 0.3) is 0 Å². The number of nitrogens with one attached hydrogen (secondary N) is 1. The molecule has 0 aliphatic heterocycles. The van der Waals surface area contributed by atoms with E-state index >= 15 is 0 Å². The van der Waals surface area contributed by atoms with Gasteiger partial charge in [-0.2, -0.15) is 5.26 Å². The Morgan fingerprint density at radius 3 is 2.20 bits per heavy atom. The molecule has 0 rings (SSSR count). The highest BCUT2D eigenvalue weighted by molar-refractivity contribution is 5.05. The van der Waals surface area contributed by atoms with E-state index in [1.165, 1.54) is 0 Å². The second-order valence-electron chi connectivity index (χ2n) is 6.37. The van der Waals surface area contributed by atoms with Gasteiger partial charge < -0.3 is 4.90 Å².